The third kappa shape index (κ3) is 6.68. The van der Waals surface area contributed by atoms with E-state index in [1.807, 2.05) is 19.9 Å². The quantitative estimate of drug-likeness (QED) is 0.847. The van der Waals surface area contributed by atoms with E-state index in [2.05, 4.69) is 34.5 Å². The fourth-order valence-corrected chi connectivity index (χ4v) is 2.55. The molecule has 0 bridgehead atoms. The molecule has 1 aliphatic heterocycles. The second-order valence-electron chi connectivity index (χ2n) is 6.60. The summed E-state index contributed by atoms with van der Waals surface area (Å²) in [6.07, 6.45) is 2.03. The van der Waals surface area contributed by atoms with Crippen molar-refractivity contribution in [3.05, 3.63) is 35.9 Å². The number of carbonyl (C=O) groups is 1. The molecule has 23 heavy (non-hydrogen) atoms. The lowest BCUT2D eigenvalue weighted by molar-refractivity contribution is -0.129. The zero-order valence-electron chi connectivity index (χ0n) is 14.0. The fraction of sp³-hybridized carbons (Fsp3) is 0.588. The molecule has 1 aliphatic rings. The van der Waals surface area contributed by atoms with Crippen LogP contribution in [0.3, 0.4) is 0 Å². The average molecular weight is 362 g/mol. The molecule has 0 unspecified atom stereocenters. The molecule has 1 fully saturated rings. The minimum atomic E-state index is -0.471. The van der Waals surface area contributed by atoms with Crippen molar-refractivity contribution in [1.82, 2.24) is 10.2 Å². The van der Waals surface area contributed by atoms with Gasteiger partial charge in [0, 0.05) is 32.2 Å². The van der Waals surface area contributed by atoms with Crippen molar-refractivity contribution in [2.45, 2.75) is 39.3 Å². The lowest BCUT2D eigenvalue weighted by Gasteiger charge is -2.34. The summed E-state index contributed by atoms with van der Waals surface area (Å²) >= 11 is 0. The highest BCUT2D eigenvalue weighted by Crippen LogP contribution is 2.17. The van der Waals surface area contributed by atoms with Gasteiger partial charge in [0.05, 0.1) is 5.41 Å². The minimum absolute atomic E-state index is 0. The van der Waals surface area contributed by atoms with E-state index in [0.29, 0.717) is 6.54 Å². The van der Waals surface area contributed by atoms with Crippen molar-refractivity contribution in [1.29, 1.82) is 0 Å². The van der Waals surface area contributed by atoms with Crippen molar-refractivity contribution in [2.75, 3.05) is 19.6 Å². The molecule has 1 amide bonds. The number of nitrogens with two attached hydrogens (primary N) is 1. The Balaban J connectivity index is 0.00000242. The van der Waals surface area contributed by atoms with Crippen LogP contribution in [0.2, 0.25) is 0 Å². The first kappa shape index (κ1) is 22.2. The second-order valence-corrected chi connectivity index (χ2v) is 6.60. The maximum Gasteiger partial charge on any atom is 0.227 e. The first-order valence-corrected chi connectivity index (χ1v) is 7.78. The number of benzene rings is 1. The summed E-state index contributed by atoms with van der Waals surface area (Å²) in [5, 5.41) is 3.15. The van der Waals surface area contributed by atoms with Crippen LogP contribution in [0.15, 0.2) is 30.3 Å². The number of hydrogen-bond acceptors (Lipinski definition) is 3. The van der Waals surface area contributed by atoms with E-state index in [-0.39, 0.29) is 36.8 Å². The van der Waals surface area contributed by atoms with Crippen LogP contribution in [0.1, 0.15) is 32.3 Å². The molecule has 1 heterocycles. The van der Waals surface area contributed by atoms with Gasteiger partial charge in [0.2, 0.25) is 5.91 Å². The molecular weight excluding hydrogens is 333 g/mol. The van der Waals surface area contributed by atoms with Crippen LogP contribution in [0.4, 0.5) is 0 Å². The first-order chi connectivity index (χ1) is 10.0. The highest BCUT2D eigenvalue weighted by atomic mass is 35.5. The lowest BCUT2D eigenvalue weighted by atomic mass is 9.91. The van der Waals surface area contributed by atoms with Gasteiger partial charge in [0.1, 0.15) is 0 Å². The van der Waals surface area contributed by atoms with Gasteiger partial charge in [0.25, 0.3) is 0 Å². The maximum atomic E-state index is 12.1. The molecular formula is C17H29Cl2N3O. The van der Waals surface area contributed by atoms with Crippen molar-refractivity contribution >= 4 is 30.7 Å². The molecule has 0 radical (unpaired) electrons. The second kappa shape index (κ2) is 10.1. The summed E-state index contributed by atoms with van der Waals surface area (Å²) < 4.78 is 0. The normalized spacial score (nSPS) is 16.1. The third-order valence-corrected chi connectivity index (χ3v) is 4.30. The number of amides is 1. The average Bonchev–Trinajstić information content (AvgIpc) is 2.50. The molecule has 2 rings (SSSR count). The molecule has 1 saturated heterocycles. The van der Waals surface area contributed by atoms with Crippen LogP contribution in [0.25, 0.3) is 0 Å². The van der Waals surface area contributed by atoms with Gasteiger partial charge >= 0.3 is 0 Å². The Bertz CT molecular complexity index is 460. The molecule has 3 N–H and O–H groups in total. The van der Waals surface area contributed by atoms with Gasteiger partial charge in [-0.3, -0.25) is 9.69 Å². The molecule has 0 aromatic heterocycles. The van der Waals surface area contributed by atoms with Crippen LogP contribution in [0.5, 0.6) is 0 Å². The van der Waals surface area contributed by atoms with Crippen molar-refractivity contribution < 1.29 is 4.79 Å². The molecule has 4 nitrogen and oxygen atoms in total. The van der Waals surface area contributed by atoms with Gasteiger partial charge in [-0.15, -0.1) is 24.8 Å². The Kier molecular flexibility index (Phi) is 9.78. The van der Waals surface area contributed by atoms with Crippen LogP contribution >= 0.6 is 24.8 Å². The van der Waals surface area contributed by atoms with E-state index in [9.17, 15) is 4.79 Å². The van der Waals surface area contributed by atoms with Crippen LogP contribution in [-0.2, 0) is 11.3 Å². The molecule has 132 valence electrons. The predicted octanol–water partition coefficient (Wildman–Crippen LogP) is 2.60. The summed E-state index contributed by atoms with van der Waals surface area (Å²) in [6.45, 7) is 7.23. The summed E-state index contributed by atoms with van der Waals surface area (Å²) in [5.41, 5.74) is 6.53. The number of nitrogens with zero attached hydrogens (tertiary/aromatic N) is 1. The molecule has 0 aliphatic carbocycles. The van der Waals surface area contributed by atoms with E-state index in [4.69, 9.17) is 5.73 Å². The highest BCUT2D eigenvalue weighted by Gasteiger charge is 2.29. The Hall–Kier alpha value is -0.810. The predicted molar refractivity (Wildman–Crippen MR) is 100 cm³/mol. The van der Waals surface area contributed by atoms with E-state index >= 15 is 0 Å². The van der Waals surface area contributed by atoms with Crippen LogP contribution in [0, 0.1) is 5.41 Å². The van der Waals surface area contributed by atoms with E-state index in [1.54, 1.807) is 0 Å². The molecule has 0 spiro atoms. The maximum absolute atomic E-state index is 12.1. The smallest absolute Gasteiger partial charge is 0.227 e. The minimum Gasteiger partial charge on any atom is -0.353 e. The number of hydrogen-bond donors (Lipinski definition) is 2. The van der Waals surface area contributed by atoms with Gasteiger partial charge < -0.3 is 11.1 Å². The summed E-state index contributed by atoms with van der Waals surface area (Å²) in [7, 11) is 0. The zero-order valence-corrected chi connectivity index (χ0v) is 15.6. The fourth-order valence-electron chi connectivity index (χ4n) is 2.55. The van der Waals surface area contributed by atoms with Gasteiger partial charge in [-0.1, -0.05) is 30.3 Å². The van der Waals surface area contributed by atoms with Gasteiger partial charge in [-0.2, -0.15) is 0 Å². The summed E-state index contributed by atoms with van der Waals surface area (Å²) in [6, 6.07) is 10.8. The first-order valence-electron chi connectivity index (χ1n) is 7.78. The number of rotatable bonds is 5. The SMILES string of the molecule is CC(C)(CN)C(=O)NC1CCN(Cc2ccccc2)CC1.Cl.Cl. The standard InChI is InChI=1S/C17H27N3O.2ClH/c1-17(2,13-18)16(21)19-15-8-10-20(11-9-15)12-14-6-4-3-5-7-14;;/h3-7,15H,8-13,18H2,1-2H3,(H,19,21);2*1H. The third-order valence-electron chi connectivity index (χ3n) is 4.30. The van der Waals surface area contributed by atoms with Crippen LogP contribution in [-0.4, -0.2) is 36.5 Å². The van der Waals surface area contributed by atoms with Crippen molar-refractivity contribution in [2.24, 2.45) is 11.1 Å². The molecule has 1 aromatic rings. The topological polar surface area (TPSA) is 58.4 Å². The number of halogens is 2. The summed E-state index contributed by atoms with van der Waals surface area (Å²) in [5.74, 6) is 0.0755. The highest BCUT2D eigenvalue weighted by molar-refractivity contribution is 5.85. The van der Waals surface area contributed by atoms with Gasteiger partial charge in [0.15, 0.2) is 0 Å². The van der Waals surface area contributed by atoms with E-state index < -0.39 is 5.41 Å². The number of piperidine rings is 1. The largest absolute Gasteiger partial charge is 0.353 e. The number of likely N-dealkylation sites (tertiary alicyclic amines) is 1. The summed E-state index contributed by atoms with van der Waals surface area (Å²) in [4.78, 5) is 14.6. The van der Waals surface area contributed by atoms with Crippen LogP contribution < -0.4 is 11.1 Å². The molecule has 0 saturated carbocycles. The molecule has 1 aromatic carbocycles. The zero-order chi connectivity index (χ0) is 15.3. The number of carbonyl (C=O) groups excluding carboxylic acids is 1. The van der Waals surface area contributed by atoms with E-state index in [1.165, 1.54) is 5.56 Å². The monoisotopic (exact) mass is 361 g/mol. The lowest BCUT2D eigenvalue weighted by Crippen LogP contribution is -2.49. The Morgan fingerprint density at radius 3 is 2.30 bits per heavy atom. The molecule has 0 atom stereocenters. The van der Waals surface area contributed by atoms with Gasteiger partial charge in [-0.25, -0.2) is 0 Å². The number of nitrogens with one attached hydrogen (secondary N) is 1. The van der Waals surface area contributed by atoms with Crippen molar-refractivity contribution in [3.63, 3.8) is 0 Å². The van der Waals surface area contributed by atoms with E-state index in [0.717, 1.165) is 32.5 Å². The van der Waals surface area contributed by atoms with Crippen molar-refractivity contribution in [3.8, 4) is 0 Å². The molecule has 6 heteroatoms. The Morgan fingerprint density at radius 2 is 1.78 bits per heavy atom. The van der Waals surface area contributed by atoms with Gasteiger partial charge in [-0.05, 0) is 32.3 Å². The Morgan fingerprint density at radius 1 is 1.22 bits per heavy atom. The Labute approximate surface area is 152 Å².